The van der Waals surface area contributed by atoms with Gasteiger partial charge in [-0.15, -0.1) is 0 Å². The third kappa shape index (κ3) is 3.46. The Hall–Kier alpha value is -2.67. The molecule has 0 saturated heterocycles. The van der Waals surface area contributed by atoms with E-state index in [-0.39, 0.29) is 12.0 Å². The third-order valence-corrected chi connectivity index (χ3v) is 4.01. The average Bonchev–Trinajstić information content (AvgIpc) is 2.98. The lowest BCUT2D eigenvalue weighted by Crippen LogP contribution is -2.42. The second-order valence-electron chi connectivity index (χ2n) is 5.16. The lowest BCUT2D eigenvalue weighted by molar-refractivity contribution is -0.121. The molecule has 7 heteroatoms. The van der Waals surface area contributed by atoms with E-state index in [2.05, 4.69) is 31.8 Å². The molecule has 24 heavy (non-hydrogen) atoms. The molecule has 1 aromatic heterocycles. The molecule has 0 aliphatic carbocycles. The highest BCUT2D eigenvalue weighted by Crippen LogP contribution is 2.18. The summed E-state index contributed by atoms with van der Waals surface area (Å²) in [5, 5.41) is 0.942. The second kappa shape index (κ2) is 6.84. The van der Waals surface area contributed by atoms with Crippen LogP contribution in [0.1, 0.15) is 15.9 Å². The second-order valence-corrected chi connectivity index (χ2v) is 6.08. The number of amides is 2. The first-order valence-electron chi connectivity index (χ1n) is 7.14. The maximum absolute atomic E-state index is 13.6. The molecule has 5 nitrogen and oxygen atoms in total. The van der Waals surface area contributed by atoms with Crippen molar-refractivity contribution in [1.82, 2.24) is 15.8 Å². The summed E-state index contributed by atoms with van der Waals surface area (Å²) in [6.07, 6.45) is 1.84. The number of para-hydroxylation sites is 1. The molecule has 0 saturated carbocycles. The number of carbonyl (C=O) groups is 2. The van der Waals surface area contributed by atoms with Gasteiger partial charge in [-0.1, -0.05) is 34.1 Å². The molecule has 0 atom stereocenters. The van der Waals surface area contributed by atoms with Crippen molar-refractivity contribution in [3.05, 3.63) is 70.1 Å². The molecule has 0 aliphatic heterocycles. The van der Waals surface area contributed by atoms with E-state index in [1.54, 1.807) is 6.20 Å². The quantitative estimate of drug-likeness (QED) is 0.602. The Labute approximate surface area is 145 Å². The Balaban J connectivity index is 1.63. The standard InChI is InChI=1S/C17H13BrFN3O2/c18-11-5-6-14(19)13(8-11)17(24)22-21-16(23)7-10-9-20-15-4-2-1-3-12(10)15/h1-6,8-9,20H,7H2,(H,21,23)(H,22,24). The molecule has 3 aromatic rings. The summed E-state index contributed by atoms with van der Waals surface area (Å²) >= 11 is 3.17. The van der Waals surface area contributed by atoms with Crippen molar-refractivity contribution in [1.29, 1.82) is 0 Å². The number of halogens is 2. The summed E-state index contributed by atoms with van der Waals surface area (Å²) in [6, 6.07) is 11.6. The van der Waals surface area contributed by atoms with Crippen LogP contribution in [0.5, 0.6) is 0 Å². The highest BCUT2D eigenvalue weighted by atomic mass is 79.9. The fourth-order valence-corrected chi connectivity index (χ4v) is 2.72. The first kappa shape index (κ1) is 16.2. The molecular formula is C17H13BrFN3O2. The van der Waals surface area contributed by atoms with Crippen molar-refractivity contribution in [2.75, 3.05) is 0 Å². The molecule has 3 N–H and O–H groups in total. The number of aromatic nitrogens is 1. The van der Waals surface area contributed by atoms with Crippen LogP contribution in [0.3, 0.4) is 0 Å². The van der Waals surface area contributed by atoms with Crippen molar-refractivity contribution in [3.63, 3.8) is 0 Å². The number of nitrogens with one attached hydrogen (secondary N) is 3. The van der Waals surface area contributed by atoms with E-state index in [1.807, 2.05) is 24.3 Å². The van der Waals surface area contributed by atoms with Crippen LogP contribution in [-0.4, -0.2) is 16.8 Å². The molecule has 3 rings (SSSR count). The van der Waals surface area contributed by atoms with Gasteiger partial charge in [0.05, 0.1) is 12.0 Å². The van der Waals surface area contributed by atoms with Gasteiger partial charge in [-0.3, -0.25) is 20.4 Å². The van der Waals surface area contributed by atoms with E-state index in [9.17, 15) is 14.0 Å². The van der Waals surface area contributed by atoms with Gasteiger partial charge in [-0.25, -0.2) is 4.39 Å². The van der Waals surface area contributed by atoms with Gasteiger partial charge >= 0.3 is 0 Å². The van der Waals surface area contributed by atoms with Gasteiger partial charge in [0, 0.05) is 21.6 Å². The van der Waals surface area contributed by atoms with Crippen molar-refractivity contribution in [3.8, 4) is 0 Å². The van der Waals surface area contributed by atoms with E-state index in [0.717, 1.165) is 16.5 Å². The molecule has 122 valence electrons. The van der Waals surface area contributed by atoms with E-state index in [0.29, 0.717) is 4.47 Å². The van der Waals surface area contributed by atoms with Gasteiger partial charge in [-0.05, 0) is 29.8 Å². The molecule has 0 aliphatic rings. The number of fused-ring (bicyclic) bond motifs is 1. The topological polar surface area (TPSA) is 74.0 Å². The molecule has 2 amide bonds. The number of hydrogen-bond donors (Lipinski definition) is 3. The SMILES string of the molecule is O=C(Cc1c[nH]c2ccccc12)NNC(=O)c1cc(Br)ccc1F. The number of carbonyl (C=O) groups excluding carboxylic acids is 2. The van der Waals surface area contributed by atoms with Crippen LogP contribution in [0.15, 0.2) is 53.1 Å². The Morgan fingerprint density at radius 3 is 2.75 bits per heavy atom. The van der Waals surface area contributed by atoms with Crippen LogP contribution >= 0.6 is 15.9 Å². The predicted molar refractivity (Wildman–Crippen MR) is 91.7 cm³/mol. The zero-order valence-electron chi connectivity index (χ0n) is 12.4. The number of H-pyrrole nitrogens is 1. The van der Waals surface area contributed by atoms with Gasteiger partial charge in [-0.2, -0.15) is 0 Å². The first-order valence-corrected chi connectivity index (χ1v) is 7.93. The van der Waals surface area contributed by atoms with Crippen LogP contribution in [0.25, 0.3) is 10.9 Å². The van der Waals surface area contributed by atoms with Gasteiger partial charge in [0.15, 0.2) is 0 Å². The molecule has 1 heterocycles. The van der Waals surface area contributed by atoms with E-state index < -0.39 is 17.6 Å². The zero-order valence-corrected chi connectivity index (χ0v) is 14.0. The molecule has 0 bridgehead atoms. The molecule has 2 aromatic carbocycles. The lowest BCUT2D eigenvalue weighted by Gasteiger charge is -2.08. The number of benzene rings is 2. The Morgan fingerprint density at radius 1 is 1.12 bits per heavy atom. The van der Waals surface area contributed by atoms with Gasteiger partial charge < -0.3 is 4.98 Å². The Bertz CT molecular complexity index is 923. The summed E-state index contributed by atoms with van der Waals surface area (Å²) < 4.78 is 14.2. The summed E-state index contributed by atoms with van der Waals surface area (Å²) in [6.45, 7) is 0. The average molecular weight is 390 g/mol. The minimum atomic E-state index is -0.721. The molecule has 0 unspecified atom stereocenters. The van der Waals surface area contributed by atoms with E-state index >= 15 is 0 Å². The number of hydrogen-bond acceptors (Lipinski definition) is 2. The minimum Gasteiger partial charge on any atom is -0.361 e. The van der Waals surface area contributed by atoms with Crippen LogP contribution in [0.2, 0.25) is 0 Å². The Kier molecular flexibility index (Phi) is 4.61. The Morgan fingerprint density at radius 2 is 1.92 bits per heavy atom. The summed E-state index contributed by atoms with van der Waals surface area (Å²) in [4.78, 5) is 27.0. The molecule has 0 radical (unpaired) electrons. The van der Waals surface area contributed by atoms with Crippen molar-refractivity contribution >= 4 is 38.6 Å². The van der Waals surface area contributed by atoms with E-state index in [4.69, 9.17) is 0 Å². The number of hydrazine groups is 1. The molecule has 0 spiro atoms. The summed E-state index contributed by atoms with van der Waals surface area (Å²) in [7, 11) is 0. The predicted octanol–water partition coefficient (Wildman–Crippen LogP) is 3.07. The van der Waals surface area contributed by atoms with Crippen LogP contribution in [-0.2, 0) is 11.2 Å². The van der Waals surface area contributed by atoms with Gasteiger partial charge in [0.25, 0.3) is 5.91 Å². The van der Waals surface area contributed by atoms with Crippen LogP contribution < -0.4 is 10.9 Å². The highest BCUT2D eigenvalue weighted by molar-refractivity contribution is 9.10. The van der Waals surface area contributed by atoms with Crippen molar-refractivity contribution in [2.45, 2.75) is 6.42 Å². The first-order chi connectivity index (χ1) is 11.5. The number of aromatic amines is 1. The monoisotopic (exact) mass is 389 g/mol. The third-order valence-electron chi connectivity index (χ3n) is 3.51. The summed E-state index contributed by atoms with van der Waals surface area (Å²) in [5.41, 5.74) is 6.10. The normalized spacial score (nSPS) is 10.6. The van der Waals surface area contributed by atoms with Crippen LogP contribution in [0.4, 0.5) is 4.39 Å². The number of rotatable bonds is 3. The van der Waals surface area contributed by atoms with Gasteiger partial charge in [0.1, 0.15) is 5.82 Å². The fourth-order valence-electron chi connectivity index (χ4n) is 2.36. The van der Waals surface area contributed by atoms with Crippen LogP contribution in [0, 0.1) is 5.82 Å². The largest absolute Gasteiger partial charge is 0.361 e. The maximum atomic E-state index is 13.6. The molecular weight excluding hydrogens is 377 g/mol. The maximum Gasteiger partial charge on any atom is 0.272 e. The minimum absolute atomic E-state index is 0.0886. The van der Waals surface area contributed by atoms with E-state index in [1.165, 1.54) is 18.2 Å². The smallest absolute Gasteiger partial charge is 0.272 e. The lowest BCUT2D eigenvalue weighted by atomic mass is 10.1. The summed E-state index contributed by atoms with van der Waals surface area (Å²) in [5.74, 6) is -1.79. The van der Waals surface area contributed by atoms with Crippen molar-refractivity contribution < 1.29 is 14.0 Å². The van der Waals surface area contributed by atoms with Gasteiger partial charge in [0.2, 0.25) is 5.91 Å². The highest BCUT2D eigenvalue weighted by Gasteiger charge is 2.14. The van der Waals surface area contributed by atoms with Crippen molar-refractivity contribution in [2.24, 2.45) is 0 Å². The zero-order chi connectivity index (χ0) is 17.1. The molecule has 0 fully saturated rings. The fraction of sp³-hybridized carbons (Fsp3) is 0.0588.